The van der Waals surface area contributed by atoms with Crippen molar-refractivity contribution < 1.29 is 24.6 Å². The molecule has 0 aliphatic heterocycles. The van der Waals surface area contributed by atoms with E-state index in [1.165, 1.54) is 6.07 Å². The molecular weight excluding hydrogens is 370 g/mol. The van der Waals surface area contributed by atoms with E-state index in [1.807, 2.05) is 0 Å². The Labute approximate surface area is 161 Å². The lowest BCUT2D eigenvalue weighted by molar-refractivity contribution is -0.136. The van der Waals surface area contributed by atoms with Gasteiger partial charge in [-0.25, -0.2) is 4.79 Å². The standard InChI is InChI=1S/C18H19N3O5S/c1-21(20-12-5-6-15(27)14(10-12)18(25)26)13-4-2-3-11(9-13)17(24)19-8-7-16(22)23/h2-6,9-10,20,27H,7-8H2,1H3,(H,19,24)(H,22,23)(H,25,26). The van der Waals surface area contributed by atoms with Crippen LogP contribution in [0.3, 0.4) is 0 Å². The first-order valence-electron chi connectivity index (χ1n) is 7.94. The molecule has 0 aliphatic rings. The number of hydrazine groups is 1. The molecule has 0 unspecified atom stereocenters. The minimum atomic E-state index is -1.08. The lowest BCUT2D eigenvalue weighted by Crippen LogP contribution is -2.27. The van der Waals surface area contributed by atoms with Crippen molar-refractivity contribution in [1.82, 2.24) is 5.32 Å². The van der Waals surface area contributed by atoms with E-state index < -0.39 is 11.9 Å². The molecule has 2 aromatic rings. The Morgan fingerprint density at radius 2 is 1.85 bits per heavy atom. The minimum Gasteiger partial charge on any atom is -0.481 e. The predicted molar refractivity (Wildman–Crippen MR) is 104 cm³/mol. The molecule has 0 spiro atoms. The average Bonchev–Trinajstić information content (AvgIpc) is 2.62. The zero-order valence-corrected chi connectivity index (χ0v) is 15.4. The molecule has 0 saturated carbocycles. The average molecular weight is 389 g/mol. The van der Waals surface area contributed by atoms with E-state index in [0.717, 1.165) is 0 Å². The molecule has 8 nitrogen and oxygen atoms in total. The molecule has 9 heteroatoms. The smallest absolute Gasteiger partial charge is 0.336 e. The van der Waals surface area contributed by atoms with Gasteiger partial charge in [0.25, 0.3) is 5.91 Å². The number of hydrogen-bond donors (Lipinski definition) is 5. The summed E-state index contributed by atoms with van der Waals surface area (Å²) in [5.74, 6) is -2.44. The van der Waals surface area contributed by atoms with Gasteiger partial charge in [-0.05, 0) is 36.4 Å². The number of aliphatic carboxylic acids is 1. The summed E-state index contributed by atoms with van der Waals surface area (Å²) in [4.78, 5) is 34.2. The number of nitrogens with one attached hydrogen (secondary N) is 2. The first kappa shape index (κ1) is 20.1. The number of benzene rings is 2. The highest BCUT2D eigenvalue weighted by Gasteiger charge is 2.11. The summed E-state index contributed by atoms with van der Waals surface area (Å²) < 4.78 is 0. The zero-order valence-electron chi connectivity index (χ0n) is 14.5. The molecule has 0 bridgehead atoms. The van der Waals surface area contributed by atoms with E-state index in [9.17, 15) is 19.5 Å². The van der Waals surface area contributed by atoms with E-state index in [2.05, 4.69) is 23.4 Å². The molecule has 4 N–H and O–H groups in total. The predicted octanol–water partition coefficient (Wildman–Crippen LogP) is 2.34. The maximum absolute atomic E-state index is 12.1. The fourth-order valence-corrected chi connectivity index (χ4v) is 2.51. The molecule has 1 amide bonds. The second kappa shape index (κ2) is 8.95. The summed E-state index contributed by atoms with van der Waals surface area (Å²) in [5, 5.41) is 22.0. The van der Waals surface area contributed by atoms with Crippen LogP contribution < -0.4 is 15.8 Å². The topological polar surface area (TPSA) is 119 Å². The SMILES string of the molecule is CN(Nc1ccc(S)c(C(=O)O)c1)c1cccc(C(=O)NCCC(=O)O)c1. The Bertz CT molecular complexity index is 872. The Balaban J connectivity index is 2.10. The molecule has 0 saturated heterocycles. The van der Waals surface area contributed by atoms with E-state index in [1.54, 1.807) is 48.5 Å². The Morgan fingerprint density at radius 1 is 1.11 bits per heavy atom. The molecular formula is C18H19N3O5S. The third kappa shape index (κ3) is 5.65. The summed E-state index contributed by atoms with van der Waals surface area (Å²) in [6.45, 7) is 0.0422. The second-order valence-electron chi connectivity index (χ2n) is 5.66. The van der Waals surface area contributed by atoms with Gasteiger partial charge in [-0.2, -0.15) is 0 Å². The van der Waals surface area contributed by atoms with Gasteiger partial charge in [0.15, 0.2) is 0 Å². The lowest BCUT2D eigenvalue weighted by Gasteiger charge is -2.22. The number of anilines is 2. The second-order valence-corrected chi connectivity index (χ2v) is 6.14. The van der Waals surface area contributed by atoms with Crippen LogP contribution in [0.25, 0.3) is 0 Å². The van der Waals surface area contributed by atoms with Gasteiger partial charge in [0.05, 0.1) is 23.4 Å². The first-order valence-corrected chi connectivity index (χ1v) is 8.39. The van der Waals surface area contributed by atoms with Crippen molar-refractivity contribution in [2.24, 2.45) is 0 Å². The molecule has 2 aromatic carbocycles. The maximum atomic E-state index is 12.1. The van der Waals surface area contributed by atoms with E-state index in [-0.39, 0.29) is 24.4 Å². The monoisotopic (exact) mass is 389 g/mol. The van der Waals surface area contributed by atoms with Crippen molar-refractivity contribution in [3.63, 3.8) is 0 Å². The number of hydrogen-bond acceptors (Lipinski definition) is 6. The summed E-state index contributed by atoms with van der Waals surface area (Å²) in [6, 6.07) is 11.4. The van der Waals surface area contributed by atoms with Gasteiger partial charge < -0.3 is 15.5 Å². The van der Waals surface area contributed by atoms with E-state index in [0.29, 0.717) is 21.8 Å². The number of thiol groups is 1. The molecule has 0 aliphatic carbocycles. The van der Waals surface area contributed by atoms with Gasteiger partial charge in [0.1, 0.15) is 0 Å². The van der Waals surface area contributed by atoms with Crippen molar-refractivity contribution in [2.45, 2.75) is 11.3 Å². The van der Waals surface area contributed by atoms with Crippen molar-refractivity contribution >= 4 is 41.8 Å². The minimum absolute atomic E-state index is 0.0422. The molecule has 27 heavy (non-hydrogen) atoms. The van der Waals surface area contributed by atoms with Crippen LogP contribution in [0.5, 0.6) is 0 Å². The van der Waals surface area contributed by atoms with Crippen molar-refractivity contribution in [3.8, 4) is 0 Å². The van der Waals surface area contributed by atoms with Crippen molar-refractivity contribution in [2.75, 3.05) is 24.0 Å². The van der Waals surface area contributed by atoms with Crippen LogP contribution in [-0.4, -0.2) is 41.7 Å². The molecule has 0 fully saturated rings. The van der Waals surface area contributed by atoms with E-state index >= 15 is 0 Å². The molecule has 0 aromatic heterocycles. The number of nitrogens with zero attached hydrogens (tertiary/aromatic N) is 1. The van der Waals surface area contributed by atoms with Crippen LogP contribution in [0.2, 0.25) is 0 Å². The number of amides is 1. The number of carboxylic acid groups (broad SMARTS) is 2. The molecule has 2 rings (SSSR count). The summed E-state index contributed by atoms with van der Waals surface area (Å²) in [5.41, 5.74) is 4.69. The Morgan fingerprint density at radius 3 is 2.52 bits per heavy atom. The Kier molecular flexibility index (Phi) is 6.67. The van der Waals surface area contributed by atoms with Crippen LogP contribution in [-0.2, 0) is 4.79 Å². The number of rotatable bonds is 8. The van der Waals surface area contributed by atoms with Gasteiger partial charge in [0, 0.05) is 24.1 Å². The Hall–Kier alpha value is -3.20. The maximum Gasteiger partial charge on any atom is 0.336 e. The quantitative estimate of drug-likeness (QED) is 0.347. The molecule has 0 radical (unpaired) electrons. The number of aromatic carboxylic acids is 1. The summed E-state index contributed by atoms with van der Waals surface area (Å²) in [6.07, 6.45) is -0.153. The largest absolute Gasteiger partial charge is 0.481 e. The number of carbonyl (C=O) groups excluding carboxylic acids is 1. The van der Waals surface area contributed by atoms with Crippen LogP contribution in [0.1, 0.15) is 27.1 Å². The van der Waals surface area contributed by atoms with Crippen molar-refractivity contribution in [3.05, 3.63) is 53.6 Å². The van der Waals surface area contributed by atoms with Gasteiger partial charge in [0.2, 0.25) is 0 Å². The third-order valence-corrected chi connectivity index (χ3v) is 4.03. The molecule has 142 valence electrons. The number of carboxylic acids is 2. The van der Waals surface area contributed by atoms with Gasteiger partial charge in [-0.15, -0.1) is 12.6 Å². The zero-order chi connectivity index (χ0) is 20.0. The highest BCUT2D eigenvalue weighted by molar-refractivity contribution is 7.80. The van der Waals surface area contributed by atoms with Gasteiger partial charge in [-0.1, -0.05) is 6.07 Å². The summed E-state index contributed by atoms with van der Waals surface area (Å²) >= 11 is 4.12. The fraction of sp³-hybridized carbons (Fsp3) is 0.167. The van der Waals surface area contributed by atoms with Crippen LogP contribution in [0.15, 0.2) is 47.4 Å². The molecule has 0 atom stereocenters. The van der Waals surface area contributed by atoms with Crippen molar-refractivity contribution in [1.29, 1.82) is 0 Å². The summed E-state index contributed by atoms with van der Waals surface area (Å²) in [7, 11) is 1.72. The number of carbonyl (C=O) groups is 3. The van der Waals surface area contributed by atoms with Crippen LogP contribution in [0, 0.1) is 0 Å². The highest BCUT2D eigenvalue weighted by Crippen LogP contribution is 2.21. The lowest BCUT2D eigenvalue weighted by atomic mass is 10.2. The van der Waals surface area contributed by atoms with Gasteiger partial charge >= 0.3 is 11.9 Å². The fourth-order valence-electron chi connectivity index (χ4n) is 2.28. The van der Waals surface area contributed by atoms with Crippen LogP contribution in [0.4, 0.5) is 11.4 Å². The first-order chi connectivity index (χ1) is 12.8. The van der Waals surface area contributed by atoms with Gasteiger partial charge in [-0.3, -0.25) is 20.0 Å². The molecule has 0 heterocycles. The van der Waals surface area contributed by atoms with Crippen LogP contribution >= 0.6 is 12.6 Å². The highest BCUT2D eigenvalue weighted by atomic mass is 32.1. The normalized spacial score (nSPS) is 10.1. The third-order valence-electron chi connectivity index (χ3n) is 3.64. The van der Waals surface area contributed by atoms with E-state index in [4.69, 9.17) is 5.11 Å².